The molecule has 0 aliphatic heterocycles. The van der Waals surface area contributed by atoms with Gasteiger partial charge in [-0.2, -0.15) is 0 Å². The Bertz CT molecular complexity index is 1350. The maximum Gasteiger partial charge on any atom is 0.264 e. The summed E-state index contributed by atoms with van der Waals surface area (Å²) in [7, 11) is -4.13. The number of carbonyl (C=O) groups excluding carboxylic acids is 2. The van der Waals surface area contributed by atoms with Gasteiger partial charge < -0.3 is 15.0 Å². The van der Waals surface area contributed by atoms with Crippen LogP contribution in [0.4, 0.5) is 5.69 Å². The molecule has 3 aromatic carbocycles. The fourth-order valence-electron chi connectivity index (χ4n) is 4.46. The molecule has 220 valence electrons. The Balaban J connectivity index is 1.97. The lowest BCUT2D eigenvalue weighted by atomic mass is 10.1. The van der Waals surface area contributed by atoms with Crippen LogP contribution < -0.4 is 14.4 Å². The molecule has 0 aromatic heterocycles. The van der Waals surface area contributed by atoms with Crippen molar-refractivity contribution in [3.05, 3.63) is 90.5 Å². The van der Waals surface area contributed by atoms with Crippen LogP contribution in [0.2, 0.25) is 0 Å². The van der Waals surface area contributed by atoms with Gasteiger partial charge in [0, 0.05) is 12.6 Å². The summed E-state index contributed by atoms with van der Waals surface area (Å²) in [5.41, 5.74) is 1.37. The number of benzene rings is 3. The first-order valence-electron chi connectivity index (χ1n) is 14.2. The van der Waals surface area contributed by atoms with Gasteiger partial charge in [-0.1, -0.05) is 62.4 Å². The van der Waals surface area contributed by atoms with E-state index in [1.54, 1.807) is 42.5 Å². The largest absolute Gasteiger partial charge is 0.494 e. The molecule has 0 unspecified atom stereocenters. The molecule has 0 aliphatic rings. The molecule has 2 amide bonds. The van der Waals surface area contributed by atoms with Crippen molar-refractivity contribution in [3.8, 4) is 5.75 Å². The van der Waals surface area contributed by atoms with Gasteiger partial charge in [0.2, 0.25) is 11.8 Å². The molecule has 0 saturated carbocycles. The molecule has 0 radical (unpaired) electrons. The number of rotatable bonds is 15. The maximum atomic E-state index is 14.0. The van der Waals surface area contributed by atoms with Crippen LogP contribution in [-0.4, -0.2) is 56.9 Å². The second kappa shape index (κ2) is 15.2. The smallest absolute Gasteiger partial charge is 0.264 e. The lowest BCUT2D eigenvalue weighted by Crippen LogP contribution is -2.54. The SMILES string of the molecule is CCOc1ccc(S(=O)(=O)N(CC(=O)N(CCc2ccccc2)[C@H](CC)C(=O)N[C@H](C)CC)c2ccccc2)cc1. The normalized spacial score (nSPS) is 12.7. The quantitative estimate of drug-likeness (QED) is 0.272. The first-order valence-corrected chi connectivity index (χ1v) is 15.6. The molecule has 41 heavy (non-hydrogen) atoms. The van der Waals surface area contributed by atoms with E-state index in [1.165, 1.54) is 17.0 Å². The van der Waals surface area contributed by atoms with E-state index in [0.717, 1.165) is 16.3 Å². The zero-order valence-corrected chi connectivity index (χ0v) is 25.1. The van der Waals surface area contributed by atoms with Gasteiger partial charge in [-0.3, -0.25) is 13.9 Å². The molecule has 1 N–H and O–H groups in total. The number of hydrogen-bond donors (Lipinski definition) is 1. The molecule has 0 aliphatic carbocycles. The van der Waals surface area contributed by atoms with E-state index in [2.05, 4.69) is 5.32 Å². The molecule has 0 fully saturated rings. The molecule has 0 heterocycles. The highest BCUT2D eigenvalue weighted by molar-refractivity contribution is 7.92. The van der Waals surface area contributed by atoms with Gasteiger partial charge in [0.1, 0.15) is 18.3 Å². The van der Waals surface area contributed by atoms with E-state index in [9.17, 15) is 18.0 Å². The zero-order valence-electron chi connectivity index (χ0n) is 24.3. The number of amides is 2. The number of anilines is 1. The molecule has 3 rings (SSSR count). The van der Waals surface area contributed by atoms with Crippen LogP contribution in [0, 0.1) is 0 Å². The van der Waals surface area contributed by atoms with E-state index in [-0.39, 0.29) is 23.4 Å². The van der Waals surface area contributed by atoms with Crippen molar-refractivity contribution < 1.29 is 22.7 Å². The first-order chi connectivity index (χ1) is 19.7. The van der Waals surface area contributed by atoms with E-state index >= 15 is 0 Å². The van der Waals surface area contributed by atoms with Crippen LogP contribution in [0.25, 0.3) is 0 Å². The van der Waals surface area contributed by atoms with E-state index in [1.807, 2.05) is 58.0 Å². The van der Waals surface area contributed by atoms with Gasteiger partial charge in [0.05, 0.1) is 17.2 Å². The van der Waals surface area contributed by atoms with Gasteiger partial charge in [0.15, 0.2) is 0 Å². The summed E-state index contributed by atoms with van der Waals surface area (Å²) in [4.78, 5) is 28.9. The highest BCUT2D eigenvalue weighted by atomic mass is 32.2. The van der Waals surface area contributed by atoms with Gasteiger partial charge in [-0.25, -0.2) is 8.42 Å². The van der Waals surface area contributed by atoms with Crippen LogP contribution >= 0.6 is 0 Å². The topological polar surface area (TPSA) is 96.0 Å². The van der Waals surface area contributed by atoms with Crippen molar-refractivity contribution in [3.63, 3.8) is 0 Å². The van der Waals surface area contributed by atoms with Gasteiger partial charge in [-0.15, -0.1) is 0 Å². The van der Waals surface area contributed by atoms with Crippen molar-refractivity contribution in [1.82, 2.24) is 10.2 Å². The monoisotopic (exact) mass is 579 g/mol. The third kappa shape index (κ3) is 8.57. The van der Waals surface area contributed by atoms with Gasteiger partial charge in [-0.05, 0) is 75.1 Å². The predicted molar refractivity (Wildman–Crippen MR) is 162 cm³/mol. The average molecular weight is 580 g/mol. The van der Waals surface area contributed by atoms with Gasteiger partial charge >= 0.3 is 0 Å². The second-order valence-corrected chi connectivity index (χ2v) is 11.7. The molecule has 9 heteroatoms. The van der Waals surface area contributed by atoms with Crippen molar-refractivity contribution in [2.75, 3.05) is 24.0 Å². The maximum absolute atomic E-state index is 14.0. The standard InChI is InChI=1S/C32H41N3O5S/c1-5-25(4)33-32(37)30(6-2)34(23-22-26-14-10-8-11-15-26)31(36)24-35(27-16-12-9-13-17-27)41(38,39)29-20-18-28(19-21-29)40-7-3/h8-21,25,30H,5-7,22-24H2,1-4H3,(H,33,37)/t25-,30-/m1/s1. The minimum absolute atomic E-state index is 0.0370. The minimum Gasteiger partial charge on any atom is -0.494 e. The van der Waals surface area contributed by atoms with Crippen LogP contribution in [0.5, 0.6) is 5.75 Å². The Labute approximate surface area is 244 Å². The molecule has 0 bridgehead atoms. The Morgan fingerprint density at radius 3 is 2.02 bits per heavy atom. The molecule has 2 atom stereocenters. The van der Waals surface area contributed by atoms with E-state index in [4.69, 9.17) is 4.74 Å². The van der Waals surface area contributed by atoms with Crippen LogP contribution in [0.1, 0.15) is 46.1 Å². The third-order valence-electron chi connectivity index (χ3n) is 6.92. The summed E-state index contributed by atoms with van der Waals surface area (Å²) in [5, 5.41) is 2.99. The Hall–Kier alpha value is -3.85. The summed E-state index contributed by atoms with van der Waals surface area (Å²) in [6.07, 6.45) is 1.67. The molecular weight excluding hydrogens is 538 g/mol. The van der Waals surface area contributed by atoms with Crippen molar-refractivity contribution in [1.29, 1.82) is 0 Å². The zero-order chi connectivity index (χ0) is 29.8. The number of nitrogens with zero attached hydrogens (tertiary/aromatic N) is 2. The van der Waals surface area contributed by atoms with Crippen LogP contribution in [0.3, 0.4) is 0 Å². The molecule has 0 saturated heterocycles. The Morgan fingerprint density at radius 1 is 0.854 bits per heavy atom. The number of hydrogen-bond acceptors (Lipinski definition) is 5. The summed E-state index contributed by atoms with van der Waals surface area (Å²) in [6, 6.07) is 23.6. The number of ether oxygens (including phenoxy) is 1. The number of carbonyl (C=O) groups is 2. The fourth-order valence-corrected chi connectivity index (χ4v) is 5.88. The number of para-hydroxylation sites is 1. The Kier molecular flexibility index (Phi) is 11.8. The Morgan fingerprint density at radius 2 is 1.46 bits per heavy atom. The first kappa shape index (κ1) is 31.7. The van der Waals surface area contributed by atoms with Crippen molar-refractivity contribution >= 4 is 27.5 Å². The van der Waals surface area contributed by atoms with Crippen molar-refractivity contribution in [2.45, 2.75) is 63.9 Å². The highest BCUT2D eigenvalue weighted by Gasteiger charge is 2.33. The highest BCUT2D eigenvalue weighted by Crippen LogP contribution is 2.26. The summed E-state index contributed by atoms with van der Waals surface area (Å²) < 4.78 is 34.4. The van der Waals surface area contributed by atoms with E-state index < -0.39 is 28.5 Å². The predicted octanol–water partition coefficient (Wildman–Crippen LogP) is 5.05. The fraction of sp³-hybridized carbons (Fsp3) is 0.375. The van der Waals surface area contributed by atoms with E-state index in [0.29, 0.717) is 30.9 Å². The van der Waals surface area contributed by atoms with Crippen molar-refractivity contribution in [2.24, 2.45) is 0 Å². The minimum atomic E-state index is -4.13. The molecule has 8 nitrogen and oxygen atoms in total. The second-order valence-electron chi connectivity index (χ2n) is 9.82. The molecule has 0 spiro atoms. The summed E-state index contributed by atoms with van der Waals surface area (Å²) in [6.45, 7) is 7.87. The molecular formula is C32H41N3O5S. The summed E-state index contributed by atoms with van der Waals surface area (Å²) in [5.74, 6) is -0.145. The molecule has 3 aromatic rings. The summed E-state index contributed by atoms with van der Waals surface area (Å²) >= 11 is 0. The number of sulfonamides is 1. The lowest BCUT2D eigenvalue weighted by molar-refractivity contribution is -0.139. The van der Waals surface area contributed by atoms with Gasteiger partial charge in [0.25, 0.3) is 10.0 Å². The van der Waals surface area contributed by atoms with Crippen LogP contribution in [0.15, 0.2) is 89.8 Å². The average Bonchev–Trinajstić information content (AvgIpc) is 2.99. The number of nitrogens with one attached hydrogen (secondary N) is 1. The third-order valence-corrected chi connectivity index (χ3v) is 8.71. The lowest BCUT2D eigenvalue weighted by Gasteiger charge is -2.33. The van der Waals surface area contributed by atoms with Crippen LogP contribution in [-0.2, 0) is 26.0 Å².